The van der Waals surface area contributed by atoms with E-state index in [1.165, 1.54) is 10.4 Å². The van der Waals surface area contributed by atoms with E-state index < -0.39 is 0 Å². The molecule has 1 aromatic heterocycles. The number of allylic oxidation sites excluding steroid dienone is 4. The van der Waals surface area contributed by atoms with Crippen molar-refractivity contribution in [2.24, 2.45) is 0 Å². The molecule has 0 bridgehead atoms. The molecule has 0 aliphatic carbocycles. The molecule has 4 nitrogen and oxygen atoms in total. The van der Waals surface area contributed by atoms with Crippen molar-refractivity contribution in [2.75, 3.05) is 0 Å². The summed E-state index contributed by atoms with van der Waals surface area (Å²) in [5.74, 6) is 0.586. The van der Waals surface area contributed by atoms with Crippen LogP contribution in [-0.4, -0.2) is 20.2 Å². The van der Waals surface area contributed by atoms with E-state index in [-0.39, 0.29) is 0 Å². The molecule has 4 heteroatoms. The zero-order valence-electron chi connectivity index (χ0n) is 10.2. The smallest absolute Gasteiger partial charge is 0.131 e. The van der Waals surface area contributed by atoms with Crippen LogP contribution in [0.2, 0.25) is 0 Å². The van der Waals surface area contributed by atoms with Gasteiger partial charge in [-0.1, -0.05) is 55.1 Å². The molecule has 0 saturated carbocycles. The first-order chi connectivity index (χ1) is 8.70. The van der Waals surface area contributed by atoms with Crippen molar-refractivity contribution in [1.29, 1.82) is 0 Å². The summed E-state index contributed by atoms with van der Waals surface area (Å²) < 4.78 is 0. The summed E-state index contributed by atoms with van der Waals surface area (Å²) in [7, 11) is 0. The Bertz CT molecular complexity index is 591. The van der Waals surface area contributed by atoms with E-state index in [1.54, 1.807) is 18.2 Å². The molecule has 1 aromatic carbocycles. The van der Waals surface area contributed by atoms with Crippen LogP contribution < -0.4 is 0 Å². The minimum absolute atomic E-state index is 0.586. The van der Waals surface area contributed by atoms with Gasteiger partial charge in [-0.05, 0) is 18.2 Å². The molecule has 0 saturated heterocycles. The van der Waals surface area contributed by atoms with Gasteiger partial charge in [-0.3, -0.25) is 0 Å². The Labute approximate surface area is 106 Å². The number of hydrogen-bond donors (Lipinski definition) is 0. The second-order valence-corrected chi connectivity index (χ2v) is 3.85. The Balaban J connectivity index is 2.25. The number of aryl methyl sites for hydroxylation is 1. The largest absolute Gasteiger partial charge is 0.205 e. The van der Waals surface area contributed by atoms with Gasteiger partial charge in [0.05, 0.1) is 5.70 Å². The van der Waals surface area contributed by atoms with Gasteiger partial charge in [0.25, 0.3) is 0 Å². The number of rotatable bonds is 4. The number of nitrogens with zero attached hydrogens (tertiary/aromatic N) is 4. The summed E-state index contributed by atoms with van der Waals surface area (Å²) in [4.78, 5) is 1.40. The van der Waals surface area contributed by atoms with Crippen molar-refractivity contribution >= 4 is 5.70 Å². The van der Waals surface area contributed by atoms with E-state index >= 15 is 0 Å². The van der Waals surface area contributed by atoms with E-state index in [2.05, 4.69) is 28.6 Å². The molecule has 2 aromatic rings. The normalized spacial score (nSPS) is 10.7. The predicted octanol–water partition coefficient (Wildman–Crippen LogP) is 2.86. The number of tetrazole rings is 1. The van der Waals surface area contributed by atoms with Crippen molar-refractivity contribution in [3.05, 3.63) is 61.2 Å². The molecule has 0 amide bonds. The summed E-state index contributed by atoms with van der Waals surface area (Å²) in [6.07, 6.45) is 5.22. The fraction of sp³-hybridized carbons (Fsp3) is 0.0714. The molecule has 2 rings (SSSR count). The maximum Gasteiger partial charge on any atom is 0.205 e. The highest BCUT2D eigenvalue weighted by Crippen LogP contribution is 2.14. The molecule has 0 atom stereocenters. The van der Waals surface area contributed by atoms with Crippen LogP contribution in [0.3, 0.4) is 0 Å². The first-order valence-electron chi connectivity index (χ1n) is 5.56. The van der Waals surface area contributed by atoms with Crippen LogP contribution in [0, 0.1) is 6.92 Å². The number of hydrogen-bond acceptors (Lipinski definition) is 3. The van der Waals surface area contributed by atoms with Crippen LogP contribution >= 0.6 is 0 Å². The Hall–Kier alpha value is -2.49. The maximum atomic E-state index is 4.27. The summed E-state index contributed by atoms with van der Waals surface area (Å²) in [6.45, 7) is 9.48. The highest BCUT2D eigenvalue weighted by Gasteiger charge is 2.05. The van der Waals surface area contributed by atoms with E-state index in [9.17, 15) is 0 Å². The Kier molecular flexibility index (Phi) is 3.48. The third-order valence-corrected chi connectivity index (χ3v) is 2.40. The van der Waals surface area contributed by atoms with Gasteiger partial charge in [0, 0.05) is 5.56 Å². The van der Waals surface area contributed by atoms with Crippen molar-refractivity contribution in [2.45, 2.75) is 6.92 Å². The van der Waals surface area contributed by atoms with Crippen molar-refractivity contribution in [3.8, 4) is 11.4 Å². The van der Waals surface area contributed by atoms with Gasteiger partial charge in [-0.15, -0.1) is 15.0 Å². The van der Waals surface area contributed by atoms with Crippen LogP contribution in [0.15, 0.2) is 55.7 Å². The first kappa shape index (κ1) is 12.0. The number of benzene rings is 1. The van der Waals surface area contributed by atoms with Gasteiger partial charge in [0.15, 0.2) is 0 Å². The minimum atomic E-state index is 0.586. The summed E-state index contributed by atoms with van der Waals surface area (Å²) >= 11 is 0. The second kappa shape index (κ2) is 5.23. The molecule has 0 N–H and O–H groups in total. The molecular formula is C14H14N4. The topological polar surface area (TPSA) is 43.6 Å². The average Bonchev–Trinajstić information content (AvgIpc) is 2.86. The third kappa shape index (κ3) is 2.60. The molecule has 0 spiro atoms. The summed E-state index contributed by atoms with van der Waals surface area (Å²) in [6, 6.07) is 7.98. The molecule has 18 heavy (non-hydrogen) atoms. The lowest BCUT2D eigenvalue weighted by Gasteiger charge is -1.96. The first-order valence-corrected chi connectivity index (χ1v) is 5.56. The third-order valence-electron chi connectivity index (χ3n) is 2.40. The Morgan fingerprint density at radius 3 is 2.67 bits per heavy atom. The van der Waals surface area contributed by atoms with Crippen molar-refractivity contribution in [1.82, 2.24) is 20.2 Å². The van der Waals surface area contributed by atoms with E-state index in [0.29, 0.717) is 11.5 Å². The van der Waals surface area contributed by atoms with Gasteiger partial charge < -0.3 is 0 Å². The zero-order valence-corrected chi connectivity index (χ0v) is 10.2. The Morgan fingerprint density at radius 2 is 2.00 bits per heavy atom. The van der Waals surface area contributed by atoms with E-state index in [4.69, 9.17) is 0 Å². The molecule has 0 aliphatic rings. The highest BCUT2D eigenvalue weighted by atomic mass is 15.6. The van der Waals surface area contributed by atoms with Crippen LogP contribution in [0.4, 0.5) is 0 Å². The van der Waals surface area contributed by atoms with Crippen LogP contribution in [-0.2, 0) is 0 Å². The second-order valence-electron chi connectivity index (χ2n) is 3.85. The predicted molar refractivity (Wildman–Crippen MR) is 72.7 cm³/mol. The van der Waals surface area contributed by atoms with Gasteiger partial charge in [0.2, 0.25) is 5.82 Å². The van der Waals surface area contributed by atoms with Crippen LogP contribution in [0.5, 0.6) is 0 Å². The highest BCUT2D eigenvalue weighted by molar-refractivity contribution is 5.56. The molecule has 0 radical (unpaired) electrons. The standard InChI is InChI=1S/C14H14N4/c1-4-5-6-12(3)18-16-14(15-17-18)13-9-7-11(2)8-10-13/h4-10H,1,3H2,2H3/b6-5-. The molecule has 1 heterocycles. The van der Waals surface area contributed by atoms with Crippen LogP contribution in [0.25, 0.3) is 17.1 Å². The molecule has 90 valence electrons. The summed E-state index contributed by atoms with van der Waals surface area (Å²) in [5, 5.41) is 12.2. The lowest BCUT2D eigenvalue weighted by molar-refractivity contribution is 0.743. The fourth-order valence-corrected chi connectivity index (χ4v) is 1.40. The zero-order chi connectivity index (χ0) is 13.0. The molecule has 0 unspecified atom stereocenters. The average molecular weight is 238 g/mol. The Morgan fingerprint density at radius 1 is 1.28 bits per heavy atom. The van der Waals surface area contributed by atoms with Gasteiger partial charge in [-0.2, -0.15) is 0 Å². The lowest BCUT2D eigenvalue weighted by Crippen LogP contribution is -1.98. The lowest BCUT2D eigenvalue weighted by atomic mass is 10.1. The molecule has 0 aliphatic heterocycles. The van der Waals surface area contributed by atoms with Gasteiger partial charge in [-0.25, -0.2) is 0 Å². The van der Waals surface area contributed by atoms with Gasteiger partial charge >= 0.3 is 0 Å². The van der Waals surface area contributed by atoms with Crippen LogP contribution in [0.1, 0.15) is 5.56 Å². The quantitative estimate of drug-likeness (QED) is 0.769. The van der Waals surface area contributed by atoms with Crippen molar-refractivity contribution < 1.29 is 0 Å². The van der Waals surface area contributed by atoms with E-state index in [1.807, 2.05) is 31.2 Å². The van der Waals surface area contributed by atoms with Gasteiger partial charge in [0.1, 0.15) is 0 Å². The number of aromatic nitrogens is 4. The van der Waals surface area contributed by atoms with Crippen molar-refractivity contribution in [3.63, 3.8) is 0 Å². The SMILES string of the molecule is C=C/C=C\C(=C)n1nnc(-c2ccc(C)cc2)n1. The monoisotopic (exact) mass is 238 g/mol. The molecule has 0 fully saturated rings. The van der Waals surface area contributed by atoms with E-state index in [0.717, 1.165) is 5.56 Å². The maximum absolute atomic E-state index is 4.27. The molecular weight excluding hydrogens is 224 g/mol. The minimum Gasteiger partial charge on any atom is -0.131 e. The summed E-state index contributed by atoms with van der Waals surface area (Å²) in [5.41, 5.74) is 2.78. The fourth-order valence-electron chi connectivity index (χ4n) is 1.40.